The fraction of sp³-hybridized carbons (Fsp3) is 1.00. The van der Waals surface area contributed by atoms with Crippen LogP contribution in [0.3, 0.4) is 0 Å². The Balaban J connectivity index is 2.01. The molecule has 60 valence electrons. The van der Waals surface area contributed by atoms with Crippen molar-refractivity contribution in [1.29, 1.82) is 0 Å². The first-order valence-electron chi connectivity index (χ1n) is 3.60. The standard InChI is InChI=1S/C7H14O2S/c1-6(2)10-4-7-3-8-5-9-7/h6-7H,3-5H2,1-2H3. The second-order valence-corrected chi connectivity index (χ2v) is 4.27. The van der Waals surface area contributed by atoms with Crippen LogP contribution in [-0.4, -0.2) is 30.5 Å². The van der Waals surface area contributed by atoms with Crippen molar-refractivity contribution < 1.29 is 9.47 Å². The number of thioether (sulfide) groups is 1. The van der Waals surface area contributed by atoms with Crippen molar-refractivity contribution in [1.82, 2.24) is 0 Å². The number of rotatable bonds is 3. The van der Waals surface area contributed by atoms with Gasteiger partial charge in [-0.3, -0.25) is 0 Å². The highest BCUT2D eigenvalue weighted by Crippen LogP contribution is 2.14. The predicted molar refractivity (Wildman–Crippen MR) is 43.3 cm³/mol. The maximum atomic E-state index is 5.26. The first-order valence-corrected chi connectivity index (χ1v) is 4.65. The average molecular weight is 162 g/mol. The molecule has 1 heterocycles. The minimum atomic E-state index is 0.340. The van der Waals surface area contributed by atoms with Crippen LogP contribution in [0.5, 0.6) is 0 Å². The summed E-state index contributed by atoms with van der Waals surface area (Å²) >= 11 is 1.92. The Hall–Kier alpha value is 0.270. The van der Waals surface area contributed by atoms with Crippen LogP contribution in [0.15, 0.2) is 0 Å². The van der Waals surface area contributed by atoms with Gasteiger partial charge >= 0.3 is 0 Å². The second-order valence-electron chi connectivity index (χ2n) is 2.66. The van der Waals surface area contributed by atoms with E-state index in [1.807, 2.05) is 11.8 Å². The fourth-order valence-electron chi connectivity index (χ4n) is 0.768. The molecule has 1 atom stereocenters. The van der Waals surface area contributed by atoms with E-state index in [2.05, 4.69) is 13.8 Å². The van der Waals surface area contributed by atoms with Crippen molar-refractivity contribution in [3.05, 3.63) is 0 Å². The quantitative estimate of drug-likeness (QED) is 0.626. The molecular formula is C7H14O2S. The molecule has 10 heavy (non-hydrogen) atoms. The van der Waals surface area contributed by atoms with Gasteiger partial charge in [-0.25, -0.2) is 0 Å². The van der Waals surface area contributed by atoms with Crippen LogP contribution >= 0.6 is 11.8 Å². The Kier molecular flexibility index (Phi) is 3.52. The van der Waals surface area contributed by atoms with Crippen molar-refractivity contribution in [2.24, 2.45) is 0 Å². The summed E-state index contributed by atoms with van der Waals surface area (Å²) in [4.78, 5) is 0. The largest absolute Gasteiger partial charge is 0.353 e. The molecule has 1 aliphatic rings. The third kappa shape index (κ3) is 2.90. The SMILES string of the molecule is CC(C)SCC1COCO1. The molecule has 0 bridgehead atoms. The molecular weight excluding hydrogens is 148 g/mol. The van der Waals surface area contributed by atoms with E-state index in [4.69, 9.17) is 9.47 Å². The van der Waals surface area contributed by atoms with Gasteiger partial charge in [-0.2, -0.15) is 11.8 Å². The predicted octanol–water partition coefficient (Wildman–Crippen LogP) is 1.50. The van der Waals surface area contributed by atoms with E-state index in [1.54, 1.807) is 0 Å². The molecule has 0 aliphatic carbocycles. The summed E-state index contributed by atoms with van der Waals surface area (Å²) in [6, 6.07) is 0. The van der Waals surface area contributed by atoms with E-state index in [-0.39, 0.29) is 0 Å². The molecule has 2 nitrogen and oxygen atoms in total. The zero-order valence-corrected chi connectivity index (χ0v) is 7.32. The zero-order chi connectivity index (χ0) is 7.40. The first-order chi connectivity index (χ1) is 4.79. The molecule has 0 amide bonds. The summed E-state index contributed by atoms with van der Waals surface area (Å²) in [7, 11) is 0. The van der Waals surface area contributed by atoms with Crippen molar-refractivity contribution >= 4 is 11.8 Å². The van der Waals surface area contributed by atoms with Crippen LogP contribution < -0.4 is 0 Å². The van der Waals surface area contributed by atoms with Crippen molar-refractivity contribution in [2.75, 3.05) is 19.2 Å². The average Bonchev–Trinajstić information content (AvgIpc) is 2.34. The molecule has 1 saturated heterocycles. The van der Waals surface area contributed by atoms with Crippen molar-refractivity contribution in [3.8, 4) is 0 Å². The highest BCUT2D eigenvalue weighted by Gasteiger charge is 2.15. The summed E-state index contributed by atoms with van der Waals surface area (Å²) in [6.45, 7) is 5.66. The molecule has 0 aromatic heterocycles. The normalized spacial score (nSPS) is 26.1. The summed E-state index contributed by atoms with van der Waals surface area (Å²) in [6.07, 6.45) is 0.340. The lowest BCUT2D eigenvalue weighted by molar-refractivity contribution is 0.0524. The van der Waals surface area contributed by atoms with Crippen LogP contribution in [-0.2, 0) is 9.47 Å². The molecule has 1 rings (SSSR count). The van der Waals surface area contributed by atoms with E-state index in [0.29, 0.717) is 18.1 Å². The Morgan fingerprint density at radius 3 is 2.90 bits per heavy atom. The van der Waals surface area contributed by atoms with E-state index in [0.717, 1.165) is 12.4 Å². The van der Waals surface area contributed by atoms with Crippen molar-refractivity contribution in [3.63, 3.8) is 0 Å². The summed E-state index contributed by atoms with van der Waals surface area (Å²) in [5, 5.41) is 0.698. The molecule has 0 radical (unpaired) electrons. The third-order valence-electron chi connectivity index (χ3n) is 1.31. The molecule has 0 spiro atoms. The molecule has 3 heteroatoms. The number of hydrogen-bond acceptors (Lipinski definition) is 3. The monoisotopic (exact) mass is 162 g/mol. The molecule has 1 aliphatic heterocycles. The lowest BCUT2D eigenvalue weighted by Crippen LogP contribution is -2.13. The van der Waals surface area contributed by atoms with E-state index < -0.39 is 0 Å². The van der Waals surface area contributed by atoms with Gasteiger partial charge in [0, 0.05) is 5.75 Å². The number of hydrogen-bond donors (Lipinski definition) is 0. The molecule has 0 saturated carbocycles. The van der Waals surface area contributed by atoms with Gasteiger partial charge in [0.1, 0.15) is 6.79 Å². The maximum Gasteiger partial charge on any atom is 0.147 e. The molecule has 0 aromatic rings. The Morgan fingerprint density at radius 2 is 2.40 bits per heavy atom. The van der Waals surface area contributed by atoms with Gasteiger partial charge in [-0.05, 0) is 5.25 Å². The van der Waals surface area contributed by atoms with Crippen LogP contribution in [0.25, 0.3) is 0 Å². The lowest BCUT2D eigenvalue weighted by Gasteiger charge is -2.08. The molecule has 0 aromatic carbocycles. The summed E-state index contributed by atoms with van der Waals surface area (Å²) in [5.41, 5.74) is 0. The Labute approximate surface area is 66.3 Å². The van der Waals surface area contributed by atoms with Gasteiger partial charge in [0.15, 0.2) is 0 Å². The molecule has 0 N–H and O–H groups in total. The van der Waals surface area contributed by atoms with E-state index in [1.165, 1.54) is 0 Å². The highest BCUT2D eigenvalue weighted by molar-refractivity contribution is 7.99. The minimum Gasteiger partial charge on any atom is -0.353 e. The lowest BCUT2D eigenvalue weighted by atomic mass is 10.4. The summed E-state index contributed by atoms with van der Waals surface area (Å²) < 4.78 is 10.3. The van der Waals surface area contributed by atoms with Crippen LogP contribution in [0.1, 0.15) is 13.8 Å². The Bertz CT molecular complexity index is 89.6. The van der Waals surface area contributed by atoms with Gasteiger partial charge in [0.25, 0.3) is 0 Å². The fourth-order valence-corrected chi connectivity index (χ4v) is 1.56. The van der Waals surface area contributed by atoms with Gasteiger partial charge < -0.3 is 9.47 Å². The van der Waals surface area contributed by atoms with Gasteiger partial charge in [0.2, 0.25) is 0 Å². The topological polar surface area (TPSA) is 18.5 Å². The third-order valence-corrected chi connectivity index (χ3v) is 2.54. The Morgan fingerprint density at radius 1 is 1.60 bits per heavy atom. The second kappa shape index (κ2) is 4.21. The maximum absolute atomic E-state index is 5.26. The minimum absolute atomic E-state index is 0.340. The van der Waals surface area contributed by atoms with E-state index in [9.17, 15) is 0 Å². The molecule has 1 fully saturated rings. The zero-order valence-electron chi connectivity index (χ0n) is 6.50. The van der Waals surface area contributed by atoms with Gasteiger partial charge in [-0.15, -0.1) is 0 Å². The number of ether oxygens (including phenoxy) is 2. The smallest absolute Gasteiger partial charge is 0.147 e. The van der Waals surface area contributed by atoms with E-state index >= 15 is 0 Å². The van der Waals surface area contributed by atoms with Gasteiger partial charge in [0.05, 0.1) is 12.7 Å². The van der Waals surface area contributed by atoms with Crippen LogP contribution in [0, 0.1) is 0 Å². The van der Waals surface area contributed by atoms with Gasteiger partial charge in [-0.1, -0.05) is 13.8 Å². The molecule has 1 unspecified atom stereocenters. The van der Waals surface area contributed by atoms with Crippen LogP contribution in [0.2, 0.25) is 0 Å². The van der Waals surface area contributed by atoms with Crippen molar-refractivity contribution in [2.45, 2.75) is 25.2 Å². The first kappa shape index (κ1) is 8.37. The van der Waals surface area contributed by atoms with Crippen LogP contribution in [0.4, 0.5) is 0 Å². The highest BCUT2D eigenvalue weighted by atomic mass is 32.2. The summed E-state index contributed by atoms with van der Waals surface area (Å²) in [5.74, 6) is 1.07.